The Kier molecular flexibility index (Phi) is 12.8. The molecule has 0 aliphatic rings. The van der Waals surface area contributed by atoms with Crippen molar-refractivity contribution in [1.29, 1.82) is 0 Å². The van der Waals surface area contributed by atoms with Crippen LogP contribution in [0.4, 0.5) is 0 Å². The number of thioether (sulfide) groups is 1. The van der Waals surface area contributed by atoms with Crippen molar-refractivity contribution in [1.82, 2.24) is 20.9 Å². The molecule has 0 saturated carbocycles. The molecule has 3 amide bonds. The van der Waals surface area contributed by atoms with E-state index in [1.807, 2.05) is 51.3 Å². The van der Waals surface area contributed by atoms with Gasteiger partial charge >= 0.3 is 5.97 Å². The third-order valence-corrected chi connectivity index (χ3v) is 7.46. The van der Waals surface area contributed by atoms with Crippen LogP contribution in [0.3, 0.4) is 0 Å². The molecule has 216 valence electrons. The number of carbonyl (C=O) groups is 4. The number of para-hydroxylation sites is 1. The molecule has 5 unspecified atom stereocenters. The predicted molar refractivity (Wildman–Crippen MR) is 155 cm³/mol. The fraction of sp³-hybridized carbons (Fsp3) is 0.571. The Hall–Kier alpha value is -3.05. The van der Waals surface area contributed by atoms with E-state index in [2.05, 4.69) is 20.9 Å². The standard InChI is InChI=1S/C28H43N5O5S/c1-6-17(4)24(28(37)38)33-27(36)23(14-18-15-30-21-10-8-7-9-19(18)21)32-26(35)22(13-16(2)3)31-25(34)20(29)11-12-39-5/h7-10,15-17,20,22-24,30H,6,11-14,29H2,1-5H3,(H,31,34)(H,32,35)(H,33,36)(H,37,38). The van der Waals surface area contributed by atoms with Crippen molar-refractivity contribution in [2.45, 2.75) is 77.5 Å². The molecule has 0 aliphatic heterocycles. The first kappa shape index (κ1) is 32.2. The highest BCUT2D eigenvalue weighted by atomic mass is 32.2. The summed E-state index contributed by atoms with van der Waals surface area (Å²) in [5.74, 6) is -2.22. The first-order valence-corrected chi connectivity index (χ1v) is 14.8. The molecule has 5 atom stereocenters. The Balaban J connectivity index is 2.32. The van der Waals surface area contributed by atoms with Crippen molar-refractivity contribution in [2.24, 2.45) is 17.6 Å². The number of nitrogens with one attached hydrogen (secondary N) is 4. The molecule has 39 heavy (non-hydrogen) atoms. The average molecular weight is 562 g/mol. The van der Waals surface area contributed by atoms with Gasteiger partial charge in [0.1, 0.15) is 18.1 Å². The van der Waals surface area contributed by atoms with Crippen LogP contribution in [0.2, 0.25) is 0 Å². The Morgan fingerprint density at radius 2 is 1.64 bits per heavy atom. The molecule has 1 aromatic carbocycles. The lowest BCUT2D eigenvalue weighted by atomic mass is 9.97. The fourth-order valence-corrected chi connectivity index (χ4v) is 4.79. The van der Waals surface area contributed by atoms with Gasteiger partial charge in [0.25, 0.3) is 0 Å². The summed E-state index contributed by atoms with van der Waals surface area (Å²) in [7, 11) is 0. The second-order valence-corrected chi connectivity index (χ2v) is 11.4. The van der Waals surface area contributed by atoms with Gasteiger partial charge in [-0.25, -0.2) is 4.79 Å². The first-order chi connectivity index (χ1) is 18.5. The van der Waals surface area contributed by atoms with Gasteiger partial charge in [-0.05, 0) is 48.3 Å². The van der Waals surface area contributed by atoms with Gasteiger partial charge in [0.15, 0.2) is 0 Å². The molecule has 11 heteroatoms. The summed E-state index contributed by atoms with van der Waals surface area (Å²) >= 11 is 1.58. The van der Waals surface area contributed by atoms with Crippen LogP contribution in [-0.4, -0.2) is 70.0 Å². The molecule has 0 fully saturated rings. The van der Waals surface area contributed by atoms with Gasteiger partial charge < -0.3 is 31.8 Å². The topological polar surface area (TPSA) is 166 Å². The van der Waals surface area contributed by atoms with E-state index in [9.17, 15) is 24.3 Å². The lowest BCUT2D eigenvalue weighted by molar-refractivity contribution is -0.143. The maximum atomic E-state index is 13.5. The molecular formula is C28H43N5O5S. The van der Waals surface area contributed by atoms with Crippen molar-refractivity contribution in [3.8, 4) is 0 Å². The van der Waals surface area contributed by atoms with Gasteiger partial charge in [-0.1, -0.05) is 52.3 Å². The molecule has 2 aromatic rings. The molecule has 0 spiro atoms. The molecule has 0 radical (unpaired) electrons. The normalized spacial score (nSPS) is 15.3. The molecular weight excluding hydrogens is 518 g/mol. The van der Waals surface area contributed by atoms with Crippen molar-refractivity contribution in [3.05, 3.63) is 36.0 Å². The summed E-state index contributed by atoms with van der Waals surface area (Å²) in [6.45, 7) is 7.46. The Morgan fingerprint density at radius 1 is 1.00 bits per heavy atom. The molecule has 0 bridgehead atoms. The number of H-pyrrole nitrogens is 1. The molecule has 1 heterocycles. The van der Waals surface area contributed by atoms with Crippen LogP contribution in [0, 0.1) is 11.8 Å². The second-order valence-electron chi connectivity index (χ2n) is 10.4. The second kappa shape index (κ2) is 15.5. The number of carboxylic acid groups (broad SMARTS) is 1. The average Bonchev–Trinajstić information content (AvgIpc) is 3.31. The summed E-state index contributed by atoms with van der Waals surface area (Å²) in [6.07, 6.45) is 5.20. The Labute approximate surface area is 234 Å². The highest BCUT2D eigenvalue weighted by Gasteiger charge is 2.32. The number of aromatic nitrogens is 1. The van der Waals surface area contributed by atoms with Crippen LogP contribution >= 0.6 is 11.8 Å². The molecule has 0 aliphatic carbocycles. The highest BCUT2D eigenvalue weighted by molar-refractivity contribution is 7.98. The van der Waals surface area contributed by atoms with Crippen LogP contribution in [-0.2, 0) is 25.6 Å². The Bertz CT molecular complexity index is 1120. The van der Waals surface area contributed by atoms with E-state index in [1.165, 1.54) is 0 Å². The van der Waals surface area contributed by atoms with E-state index in [0.717, 1.165) is 16.5 Å². The SMILES string of the molecule is CCC(C)C(NC(=O)C(Cc1c[nH]c2ccccc12)NC(=O)C(CC(C)C)NC(=O)C(N)CCSC)C(=O)O. The van der Waals surface area contributed by atoms with Gasteiger partial charge in [0.2, 0.25) is 17.7 Å². The van der Waals surface area contributed by atoms with Gasteiger partial charge in [0.05, 0.1) is 6.04 Å². The van der Waals surface area contributed by atoms with E-state index in [1.54, 1.807) is 24.9 Å². The molecule has 0 saturated heterocycles. The number of carboxylic acids is 1. The van der Waals surface area contributed by atoms with Crippen LogP contribution in [0.15, 0.2) is 30.5 Å². The minimum Gasteiger partial charge on any atom is -0.480 e. The zero-order chi connectivity index (χ0) is 29.1. The quantitative estimate of drug-likeness (QED) is 0.183. The number of hydrogen-bond donors (Lipinski definition) is 6. The maximum Gasteiger partial charge on any atom is 0.326 e. The maximum absolute atomic E-state index is 13.5. The summed E-state index contributed by atoms with van der Waals surface area (Å²) in [4.78, 5) is 54.7. The number of carbonyl (C=O) groups excluding carboxylic acids is 3. The largest absolute Gasteiger partial charge is 0.480 e. The van der Waals surface area contributed by atoms with Crippen LogP contribution in [0.25, 0.3) is 10.9 Å². The molecule has 1 aromatic heterocycles. The minimum atomic E-state index is -1.14. The number of nitrogens with two attached hydrogens (primary N) is 1. The van der Waals surface area contributed by atoms with Crippen molar-refractivity contribution in [2.75, 3.05) is 12.0 Å². The van der Waals surface area contributed by atoms with Crippen LogP contribution < -0.4 is 21.7 Å². The number of aromatic amines is 1. The highest BCUT2D eigenvalue weighted by Crippen LogP contribution is 2.20. The number of hydrogen-bond acceptors (Lipinski definition) is 6. The lowest BCUT2D eigenvalue weighted by Crippen LogP contribution is -2.58. The summed E-state index contributed by atoms with van der Waals surface area (Å²) in [6, 6.07) is 3.76. The van der Waals surface area contributed by atoms with Crippen LogP contribution in [0.5, 0.6) is 0 Å². The zero-order valence-electron chi connectivity index (χ0n) is 23.5. The summed E-state index contributed by atoms with van der Waals surface area (Å²) in [5.41, 5.74) is 7.70. The van der Waals surface area contributed by atoms with Crippen molar-refractivity contribution in [3.63, 3.8) is 0 Å². The van der Waals surface area contributed by atoms with Crippen molar-refractivity contribution < 1.29 is 24.3 Å². The van der Waals surface area contributed by atoms with Gasteiger partial charge in [0, 0.05) is 23.5 Å². The lowest BCUT2D eigenvalue weighted by Gasteiger charge is -2.27. The van der Waals surface area contributed by atoms with E-state index < -0.39 is 47.9 Å². The number of fused-ring (bicyclic) bond motifs is 1. The van der Waals surface area contributed by atoms with E-state index in [4.69, 9.17) is 5.73 Å². The molecule has 2 rings (SSSR count). The third kappa shape index (κ3) is 9.58. The van der Waals surface area contributed by atoms with Gasteiger partial charge in [-0.15, -0.1) is 0 Å². The van der Waals surface area contributed by atoms with Gasteiger partial charge in [-0.3, -0.25) is 14.4 Å². The number of aliphatic carboxylic acids is 1. The van der Waals surface area contributed by atoms with E-state index in [0.29, 0.717) is 25.0 Å². The summed E-state index contributed by atoms with van der Waals surface area (Å²) in [5, 5.41) is 18.8. The Morgan fingerprint density at radius 3 is 2.26 bits per heavy atom. The first-order valence-electron chi connectivity index (χ1n) is 13.4. The predicted octanol–water partition coefficient (Wildman–Crippen LogP) is 2.42. The van der Waals surface area contributed by atoms with Crippen LogP contribution in [0.1, 0.15) is 52.5 Å². The van der Waals surface area contributed by atoms with Gasteiger partial charge in [-0.2, -0.15) is 11.8 Å². The number of rotatable bonds is 16. The van der Waals surface area contributed by atoms with Crippen molar-refractivity contribution >= 4 is 46.4 Å². The van der Waals surface area contributed by atoms with E-state index >= 15 is 0 Å². The monoisotopic (exact) mass is 561 g/mol. The smallest absolute Gasteiger partial charge is 0.326 e. The zero-order valence-corrected chi connectivity index (χ0v) is 24.3. The summed E-state index contributed by atoms with van der Waals surface area (Å²) < 4.78 is 0. The number of benzene rings is 1. The third-order valence-electron chi connectivity index (χ3n) is 6.82. The fourth-order valence-electron chi connectivity index (χ4n) is 4.30. The minimum absolute atomic E-state index is 0.0751. The molecule has 10 nitrogen and oxygen atoms in total. The van der Waals surface area contributed by atoms with E-state index in [-0.39, 0.29) is 18.3 Å². The molecule has 7 N–H and O–H groups in total. The number of amides is 3.